The predicted octanol–water partition coefficient (Wildman–Crippen LogP) is 3.08. The van der Waals surface area contributed by atoms with Gasteiger partial charge < -0.3 is 5.32 Å². The maximum Gasteiger partial charge on any atom is 0.246 e. The minimum Gasteiger partial charge on any atom is -0.326 e. The number of sulfonamides is 1. The Morgan fingerprint density at radius 1 is 1.23 bits per heavy atom. The van der Waals surface area contributed by atoms with E-state index in [9.17, 15) is 13.2 Å². The Labute approximate surface area is 158 Å². The molecule has 1 aromatic carbocycles. The summed E-state index contributed by atoms with van der Waals surface area (Å²) in [7, 11) is -3.70. The van der Waals surface area contributed by atoms with Crippen LogP contribution >= 0.6 is 11.6 Å². The van der Waals surface area contributed by atoms with E-state index < -0.39 is 10.0 Å². The third-order valence-corrected chi connectivity index (χ3v) is 6.80. The van der Waals surface area contributed by atoms with Crippen LogP contribution in [0.2, 0.25) is 5.15 Å². The third-order valence-electron chi connectivity index (χ3n) is 4.45. The van der Waals surface area contributed by atoms with Crippen LogP contribution in [-0.2, 0) is 14.8 Å². The predicted molar refractivity (Wildman–Crippen MR) is 101 cm³/mol. The molecule has 1 fully saturated rings. The Bertz CT molecular complexity index is 909. The molecule has 8 heteroatoms. The van der Waals surface area contributed by atoms with Crippen molar-refractivity contribution in [3.63, 3.8) is 0 Å². The molecule has 1 N–H and O–H groups in total. The lowest BCUT2D eigenvalue weighted by Crippen LogP contribution is -2.41. The van der Waals surface area contributed by atoms with Gasteiger partial charge in [-0.15, -0.1) is 0 Å². The number of hydrogen-bond acceptors (Lipinski definition) is 4. The van der Waals surface area contributed by atoms with Crippen LogP contribution in [-0.4, -0.2) is 36.7 Å². The second-order valence-corrected chi connectivity index (χ2v) is 8.59. The van der Waals surface area contributed by atoms with Gasteiger partial charge in [0.1, 0.15) is 10.0 Å². The molecule has 0 radical (unpaired) electrons. The van der Waals surface area contributed by atoms with Crippen molar-refractivity contribution in [2.45, 2.75) is 24.7 Å². The molecule has 0 bridgehead atoms. The van der Waals surface area contributed by atoms with Crippen molar-refractivity contribution in [3.05, 3.63) is 53.3 Å². The van der Waals surface area contributed by atoms with Gasteiger partial charge >= 0.3 is 0 Å². The highest BCUT2D eigenvalue weighted by molar-refractivity contribution is 7.89. The zero-order chi connectivity index (χ0) is 18.7. The van der Waals surface area contributed by atoms with Crippen LogP contribution in [0.3, 0.4) is 0 Å². The normalized spacial score (nSPS) is 16.4. The fourth-order valence-corrected chi connectivity index (χ4v) is 4.93. The number of amides is 1. The van der Waals surface area contributed by atoms with E-state index in [1.807, 2.05) is 31.2 Å². The second-order valence-electron chi connectivity index (χ2n) is 6.33. The molecule has 2 heterocycles. The first-order valence-electron chi connectivity index (χ1n) is 8.36. The van der Waals surface area contributed by atoms with Crippen LogP contribution in [0.15, 0.2) is 47.5 Å². The highest BCUT2D eigenvalue weighted by Gasteiger charge is 2.33. The summed E-state index contributed by atoms with van der Waals surface area (Å²) in [5.41, 5.74) is 1.82. The van der Waals surface area contributed by atoms with Gasteiger partial charge in [-0.2, -0.15) is 4.31 Å². The number of pyridine rings is 1. The van der Waals surface area contributed by atoms with Crippen molar-refractivity contribution < 1.29 is 13.2 Å². The van der Waals surface area contributed by atoms with Crippen LogP contribution < -0.4 is 5.32 Å². The number of benzene rings is 1. The number of halogens is 1. The van der Waals surface area contributed by atoms with Gasteiger partial charge in [0.25, 0.3) is 0 Å². The maximum absolute atomic E-state index is 12.7. The van der Waals surface area contributed by atoms with E-state index in [0.717, 1.165) is 11.3 Å². The SMILES string of the molecule is Cc1cccc(NC(=O)C2CCN(S(=O)(=O)c3cccnc3Cl)CC2)c1. The maximum atomic E-state index is 12.7. The molecule has 1 aromatic heterocycles. The molecule has 0 unspecified atom stereocenters. The van der Waals surface area contributed by atoms with Gasteiger partial charge in [-0.25, -0.2) is 13.4 Å². The van der Waals surface area contributed by atoms with Crippen molar-refractivity contribution >= 4 is 33.2 Å². The highest BCUT2D eigenvalue weighted by atomic mass is 35.5. The van der Waals surface area contributed by atoms with E-state index in [1.54, 1.807) is 6.07 Å². The first-order valence-corrected chi connectivity index (χ1v) is 10.2. The minimum absolute atomic E-state index is 0.00401. The summed E-state index contributed by atoms with van der Waals surface area (Å²) in [5.74, 6) is -0.293. The topological polar surface area (TPSA) is 79.4 Å². The summed E-state index contributed by atoms with van der Waals surface area (Å²) in [6.07, 6.45) is 2.38. The zero-order valence-corrected chi connectivity index (χ0v) is 15.9. The highest BCUT2D eigenvalue weighted by Crippen LogP contribution is 2.27. The molecule has 0 atom stereocenters. The molecule has 138 valence electrons. The van der Waals surface area contributed by atoms with Crippen LogP contribution in [0.1, 0.15) is 18.4 Å². The van der Waals surface area contributed by atoms with Gasteiger partial charge in [-0.05, 0) is 49.6 Å². The third kappa shape index (κ3) is 4.06. The molecule has 2 aromatic rings. The number of carbonyl (C=O) groups is 1. The number of aromatic nitrogens is 1. The van der Waals surface area contributed by atoms with Crippen LogP contribution in [0, 0.1) is 12.8 Å². The fraction of sp³-hybridized carbons (Fsp3) is 0.333. The van der Waals surface area contributed by atoms with Gasteiger partial charge in [-0.3, -0.25) is 4.79 Å². The molecule has 0 saturated carbocycles. The van der Waals surface area contributed by atoms with E-state index in [-0.39, 0.29) is 35.0 Å². The van der Waals surface area contributed by atoms with Crippen molar-refractivity contribution in [1.82, 2.24) is 9.29 Å². The Balaban J connectivity index is 1.64. The minimum atomic E-state index is -3.70. The number of anilines is 1. The first kappa shape index (κ1) is 18.8. The van der Waals surface area contributed by atoms with Crippen LogP contribution in [0.4, 0.5) is 5.69 Å². The number of nitrogens with zero attached hydrogens (tertiary/aromatic N) is 2. The van der Waals surface area contributed by atoms with E-state index in [0.29, 0.717) is 12.8 Å². The zero-order valence-electron chi connectivity index (χ0n) is 14.4. The van der Waals surface area contributed by atoms with E-state index in [1.165, 1.54) is 16.6 Å². The summed E-state index contributed by atoms with van der Waals surface area (Å²) in [4.78, 5) is 16.3. The molecule has 1 amide bonds. The molecule has 1 aliphatic rings. The van der Waals surface area contributed by atoms with Gasteiger partial charge in [0, 0.05) is 30.9 Å². The van der Waals surface area contributed by atoms with Crippen molar-refractivity contribution in [3.8, 4) is 0 Å². The number of aryl methyl sites for hydroxylation is 1. The molecule has 26 heavy (non-hydrogen) atoms. The number of hydrogen-bond donors (Lipinski definition) is 1. The largest absolute Gasteiger partial charge is 0.326 e. The van der Waals surface area contributed by atoms with Crippen molar-refractivity contribution in [2.75, 3.05) is 18.4 Å². The Morgan fingerprint density at radius 3 is 2.62 bits per heavy atom. The number of carbonyl (C=O) groups excluding carboxylic acids is 1. The van der Waals surface area contributed by atoms with Crippen molar-refractivity contribution in [1.29, 1.82) is 0 Å². The summed E-state index contributed by atoms with van der Waals surface area (Å²) in [5, 5.41) is 2.87. The molecule has 0 aliphatic carbocycles. The summed E-state index contributed by atoms with van der Waals surface area (Å²) < 4.78 is 26.8. The number of rotatable bonds is 4. The average Bonchev–Trinajstić information content (AvgIpc) is 2.62. The van der Waals surface area contributed by atoms with Gasteiger partial charge in [0.15, 0.2) is 0 Å². The lowest BCUT2D eigenvalue weighted by molar-refractivity contribution is -0.120. The van der Waals surface area contributed by atoms with Crippen LogP contribution in [0.25, 0.3) is 0 Å². The van der Waals surface area contributed by atoms with E-state index in [2.05, 4.69) is 10.3 Å². The van der Waals surface area contributed by atoms with Gasteiger partial charge in [0.2, 0.25) is 15.9 Å². The Kier molecular flexibility index (Phi) is 5.60. The first-order chi connectivity index (χ1) is 12.4. The van der Waals surface area contributed by atoms with Gasteiger partial charge in [0.05, 0.1) is 0 Å². The quantitative estimate of drug-likeness (QED) is 0.809. The lowest BCUT2D eigenvalue weighted by Gasteiger charge is -2.30. The molecular weight excluding hydrogens is 374 g/mol. The van der Waals surface area contributed by atoms with Crippen LogP contribution in [0.5, 0.6) is 0 Å². The smallest absolute Gasteiger partial charge is 0.246 e. The molecular formula is C18H20ClN3O3S. The Morgan fingerprint density at radius 2 is 1.96 bits per heavy atom. The summed E-state index contributed by atoms with van der Waals surface area (Å²) >= 11 is 5.93. The average molecular weight is 394 g/mol. The number of nitrogens with one attached hydrogen (secondary N) is 1. The molecule has 3 rings (SSSR count). The molecule has 1 aliphatic heterocycles. The molecule has 1 saturated heterocycles. The fourth-order valence-electron chi connectivity index (χ4n) is 3.03. The Hall–Kier alpha value is -1.96. The van der Waals surface area contributed by atoms with Crippen molar-refractivity contribution in [2.24, 2.45) is 5.92 Å². The number of piperidine rings is 1. The second kappa shape index (κ2) is 7.73. The lowest BCUT2D eigenvalue weighted by atomic mass is 9.97. The molecule has 0 spiro atoms. The standard InChI is InChI=1S/C18H20ClN3O3S/c1-13-4-2-5-15(12-13)21-18(23)14-7-10-22(11-8-14)26(24,25)16-6-3-9-20-17(16)19/h2-6,9,12,14H,7-8,10-11H2,1H3,(H,21,23). The van der Waals surface area contributed by atoms with Gasteiger partial charge in [-0.1, -0.05) is 23.7 Å². The summed E-state index contributed by atoms with van der Waals surface area (Å²) in [6, 6.07) is 10.6. The van der Waals surface area contributed by atoms with E-state index in [4.69, 9.17) is 11.6 Å². The molecule has 6 nitrogen and oxygen atoms in total. The van der Waals surface area contributed by atoms with E-state index >= 15 is 0 Å². The summed E-state index contributed by atoms with van der Waals surface area (Å²) in [6.45, 7) is 2.52. The monoisotopic (exact) mass is 393 g/mol.